The molecule has 1 fully saturated rings. The molecule has 2 N–H and O–H groups in total. The summed E-state index contributed by atoms with van der Waals surface area (Å²) >= 11 is 0. The third kappa shape index (κ3) is 5.75. The number of allylic oxidation sites excluding steroid dienone is 1. The first kappa shape index (κ1) is 26.0. The number of hydrogen-bond acceptors (Lipinski definition) is 5. The average molecular weight is 526 g/mol. The lowest BCUT2D eigenvalue weighted by molar-refractivity contribution is -0.0695. The summed E-state index contributed by atoms with van der Waals surface area (Å²) < 4.78 is 55.7. The number of fused-ring (bicyclic) bond motifs is 1. The number of rotatable bonds is 6. The Kier molecular flexibility index (Phi) is 7.51. The third-order valence-electron chi connectivity index (χ3n) is 7.03. The summed E-state index contributed by atoms with van der Waals surface area (Å²) in [5.74, 6) is 0.333. The highest BCUT2D eigenvalue weighted by Gasteiger charge is 2.44. The van der Waals surface area contributed by atoms with Crippen molar-refractivity contribution in [3.63, 3.8) is 0 Å². The smallest absolute Gasteiger partial charge is 0.417 e. The Bertz CT molecular complexity index is 1280. The first-order chi connectivity index (χ1) is 18.3. The molecule has 2 aliphatic heterocycles. The van der Waals surface area contributed by atoms with Crippen LogP contribution in [-0.2, 0) is 0 Å². The van der Waals surface area contributed by atoms with Crippen molar-refractivity contribution in [2.24, 2.45) is 0 Å². The van der Waals surface area contributed by atoms with Crippen molar-refractivity contribution < 1.29 is 32.9 Å². The highest BCUT2D eigenvalue weighted by molar-refractivity contribution is 5.98. The van der Waals surface area contributed by atoms with E-state index in [1.54, 1.807) is 24.3 Å². The van der Waals surface area contributed by atoms with E-state index in [1.165, 1.54) is 68.1 Å². The number of phenols is 2. The molecular formula is C30H30F3NO4. The molecule has 0 aliphatic carbocycles. The number of halogens is 3. The van der Waals surface area contributed by atoms with Crippen molar-refractivity contribution in [2.45, 2.75) is 38.0 Å². The lowest BCUT2D eigenvalue weighted by Crippen LogP contribution is -2.29. The topological polar surface area (TPSA) is 62.2 Å². The number of phenolic OH excluding ortho intramolecular Hbond substituents is 2. The van der Waals surface area contributed by atoms with Crippen molar-refractivity contribution in [1.29, 1.82) is 0 Å². The van der Waals surface area contributed by atoms with E-state index < -0.39 is 17.9 Å². The number of ether oxygens (including phenoxy) is 2. The van der Waals surface area contributed by atoms with Crippen LogP contribution in [0.4, 0.5) is 13.2 Å². The standard InChI is InChI=1S/C30H30F3NO4/c31-30(32,33)28-25-14-11-23(36)19-26(25)38-29(27(28)20-5-9-22(35)10-6-20)21-7-12-24(13-8-21)37-18-17-34-15-3-1-2-4-16-34/h5-14,19,29,35-36H,1-4,15-18H2. The van der Waals surface area contributed by atoms with Crippen molar-refractivity contribution >= 4 is 11.1 Å². The maximum atomic E-state index is 14.6. The SMILES string of the molecule is Oc1ccc(C2=C(C(F)(F)F)c3ccc(O)cc3OC2c2ccc(OCCN3CCCCCC3)cc2)cc1. The largest absolute Gasteiger partial charge is 0.508 e. The van der Waals surface area contributed by atoms with Crippen LogP contribution in [-0.4, -0.2) is 47.5 Å². The Morgan fingerprint density at radius 1 is 0.842 bits per heavy atom. The van der Waals surface area contributed by atoms with E-state index in [2.05, 4.69) is 4.90 Å². The molecule has 0 amide bonds. The molecule has 0 aromatic heterocycles. The summed E-state index contributed by atoms with van der Waals surface area (Å²) in [6.45, 7) is 3.51. The third-order valence-corrected chi connectivity index (χ3v) is 7.03. The molecule has 5 nitrogen and oxygen atoms in total. The second-order valence-electron chi connectivity index (χ2n) is 9.69. The second kappa shape index (κ2) is 11.0. The second-order valence-corrected chi connectivity index (χ2v) is 9.69. The highest BCUT2D eigenvalue weighted by atomic mass is 19.4. The number of benzene rings is 3. The maximum Gasteiger partial charge on any atom is 0.417 e. The molecule has 38 heavy (non-hydrogen) atoms. The lowest BCUT2D eigenvalue weighted by Gasteiger charge is -2.33. The van der Waals surface area contributed by atoms with Crippen LogP contribution < -0.4 is 9.47 Å². The van der Waals surface area contributed by atoms with Crippen molar-refractivity contribution in [3.8, 4) is 23.0 Å². The molecular weight excluding hydrogens is 495 g/mol. The molecule has 1 unspecified atom stereocenters. The fraction of sp³-hybridized carbons (Fsp3) is 0.333. The predicted molar refractivity (Wildman–Crippen MR) is 139 cm³/mol. The fourth-order valence-corrected chi connectivity index (χ4v) is 5.15. The van der Waals surface area contributed by atoms with Gasteiger partial charge in [0.05, 0.1) is 5.57 Å². The Balaban J connectivity index is 1.46. The van der Waals surface area contributed by atoms with E-state index in [0.29, 0.717) is 17.9 Å². The number of nitrogens with zero attached hydrogens (tertiary/aromatic N) is 1. The molecule has 1 saturated heterocycles. The van der Waals surface area contributed by atoms with Crippen LogP contribution in [0.2, 0.25) is 0 Å². The summed E-state index contributed by atoms with van der Waals surface area (Å²) in [6.07, 6.45) is -0.860. The minimum atomic E-state index is -4.70. The van der Waals surface area contributed by atoms with Gasteiger partial charge in [-0.05, 0) is 73.5 Å². The van der Waals surface area contributed by atoms with Crippen LogP contribution in [0.25, 0.3) is 11.1 Å². The quantitative estimate of drug-likeness (QED) is 0.364. The minimum absolute atomic E-state index is 0.0526. The summed E-state index contributed by atoms with van der Waals surface area (Å²) in [4.78, 5) is 2.40. The zero-order chi connectivity index (χ0) is 26.7. The lowest BCUT2D eigenvalue weighted by atomic mass is 9.85. The first-order valence-corrected chi connectivity index (χ1v) is 12.9. The van der Waals surface area contributed by atoms with Gasteiger partial charge in [0.25, 0.3) is 0 Å². The van der Waals surface area contributed by atoms with Crippen molar-refractivity contribution in [2.75, 3.05) is 26.2 Å². The Morgan fingerprint density at radius 3 is 2.16 bits per heavy atom. The summed E-state index contributed by atoms with van der Waals surface area (Å²) in [5, 5.41) is 19.7. The van der Waals surface area contributed by atoms with Crippen LogP contribution in [0.5, 0.6) is 23.0 Å². The molecule has 0 saturated carbocycles. The van der Waals surface area contributed by atoms with E-state index in [1.807, 2.05) is 0 Å². The maximum absolute atomic E-state index is 14.6. The molecule has 200 valence electrons. The summed E-state index contributed by atoms with van der Waals surface area (Å²) in [5.41, 5.74) is -0.277. The number of likely N-dealkylation sites (tertiary alicyclic amines) is 1. The van der Waals surface area contributed by atoms with E-state index >= 15 is 0 Å². The van der Waals surface area contributed by atoms with Crippen LogP contribution in [0.3, 0.4) is 0 Å². The zero-order valence-electron chi connectivity index (χ0n) is 20.9. The first-order valence-electron chi connectivity index (χ1n) is 12.9. The van der Waals surface area contributed by atoms with Gasteiger partial charge in [0, 0.05) is 23.7 Å². The van der Waals surface area contributed by atoms with Gasteiger partial charge in [-0.25, -0.2) is 0 Å². The average Bonchev–Trinajstić information content (AvgIpc) is 3.17. The van der Waals surface area contributed by atoms with Crippen LogP contribution in [0.15, 0.2) is 66.7 Å². The molecule has 5 rings (SSSR count). The molecule has 0 radical (unpaired) electrons. The number of hydrogen-bond donors (Lipinski definition) is 2. The molecule has 3 aromatic rings. The molecule has 8 heteroatoms. The van der Waals surface area contributed by atoms with Crippen LogP contribution in [0.1, 0.15) is 48.5 Å². The predicted octanol–water partition coefficient (Wildman–Crippen LogP) is 6.96. The Labute approximate surface area is 219 Å². The molecule has 3 aromatic carbocycles. The monoisotopic (exact) mass is 525 g/mol. The molecule has 0 bridgehead atoms. The van der Waals surface area contributed by atoms with E-state index in [0.717, 1.165) is 19.6 Å². The summed E-state index contributed by atoms with van der Waals surface area (Å²) in [6, 6.07) is 16.1. The number of alkyl halides is 3. The zero-order valence-corrected chi connectivity index (χ0v) is 20.9. The van der Waals surface area contributed by atoms with Gasteiger partial charge in [-0.1, -0.05) is 37.1 Å². The van der Waals surface area contributed by atoms with Gasteiger partial charge in [-0.3, -0.25) is 4.90 Å². The molecule has 2 heterocycles. The van der Waals surface area contributed by atoms with Gasteiger partial charge >= 0.3 is 6.18 Å². The van der Waals surface area contributed by atoms with Crippen LogP contribution >= 0.6 is 0 Å². The minimum Gasteiger partial charge on any atom is -0.508 e. The number of aromatic hydroxyl groups is 2. The van der Waals surface area contributed by atoms with E-state index in [9.17, 15) is 23.4 Å². The van der Waals surface area contributed by atoms with Gasteiger partial charge in [0.2, 0.25) is 0 Å². The fourth-order valence-electron chi connectivity index (χ4n) is 5.15. The highest BCUT2D eigenvalue weighted by Crippen LogP contribution is 2.53. The van der Waals surface area contributed by atoms with Gasteiger partial charge in [-0.2, -0.15) is 13.2 Å². The van der Waals surface area contributed by atoms with Gasteiger partial charge in [0.1, 0.15) is 29.6 Å². The molecule has 1 atom stereocenters. The Morgan fingerprint density at radius 2 is 1.50 bits per heavy atom. The van der Waals surface area contributed by atoms with Gasteiger partial charge < -0.3 is 19.7 Å². The van der Waals surface area contributed by atoms with E-state index in [4.69, 9.17) is 9.47 Å². The van der Waals surface area contributed by atoms with Crippen molar-refractivity contribution in [1.82, 2.24) is 4.90 Å². The van der Waals surface area contributed by atoms with Gasteiger partial charge in [-0.15, -0.1) is 0 Å². The van der Waals surface area contributed by atoms with Gasteiger partial charge in [0.15, 0.2) is 6.10 Å². The molecule has 0 spiro atoms. The molecule has 2 aliphatic rings. The van der Waals surface area contributed by atoms with Crippen LogP contribution in [0, 0.1) is 0 Å². The Hall–Kier alpha value is -3.65. The van der Waals surface area contributed by atoms with Crippen molar-refractivity contribution in [3.05, 3.63) is 83.4 Å². The van der Waals surface area contributed by atoms with E-state index in [-0.39, 0.29) is 33.9 Å². The summed E-state index contributed by atoms with van der Waals surface area (Å²) in [7, 11) is 0. The normalized spacial score (nSPS) is 18.4.